The number of nitrogens with zero attached hydrogens (tertiary/aromatic N) is 1. The van der Waals surface area contributed by atoms with Gasteiger partial charge in [-0.2, -0.15) is 13.7 Å². The number of hydrogen-bond acceptors (Lipinski definition) is 7. The summed E-state index contributed by atoms with van der Waals surface area (Å²) in [6, 6.07) is 1.44. The Morgan fingerprint density at radius 1 is 1.50 bits per heavy atom. The van der Waals surface area contributed by atoms with Gasteiger partial charge in [0, 0.05) is 7.11 Å². The molecule has 0 aliphatic rings. The summed E-state index contributed by atoms with van der Waals surface area (Å²) in [6.07, 6.45) is 1.29. The predicted octanol–water partition coefficient (Wildman–Crippen LogP) is 1.08. The van der Waals surface area contributed by atoms with Crippen LogP contribution in [0.2, 0.25) is 0 Å². The van der Waals surface area contributed by atoms with Crippen LogP contribution in [0, 0.1) is 11.3 Å². The summed E-state index contributed by atoms with van der Waals surface area (Å²) < 4.78 is 47.3. The summed E-state index contributed by atoms with van der Waals surface area (Å²) in [7, 11) is -6.73. The van der Waals surface area contributed by atoms with Crippen molar-refractivity contribution in [3.63, 3.8) is 0 Å². The summed E-state index contributed by atoms with van der Waals surface area (Å²) in [4.78, 5) is 0. The second-order valence-electron chi connectivity index (χ2n) is 2.84. The molecular weight excluding hydrogens is 257 g/mol. The minimum Gasteiger partial charge on any atom is -0.309 e. The van der Waals surface area contributed by atoms with Crippen LogP contribution in [-0.2, 0) is 27.9 Å². The third kappa shape index (κ3) is 5.05. The molecule has 2 atom stereocenters. The van der Waals surface area contributed by atoms with Gasteiger partial charge in [0.15, 0.2) is 0 Å². The number of nitriles is 1. The number of rotatable bonds is 7. The van der Waals surface area contributed by atoms with Crippen molar-refractivity contribution in [2.45, 2.75) is 19.2 Å². The van der Waals surface area contributed by atoms with Crippen molar-refractivity contribution in [3.8, 4) is 6.07 Å². The van der Waals surface area contributed by atoms with Gasteiger partial charge in [-0.1, -0.05) is 6.92 Å². The molecule has 94 valence electrons. The molecular formula is C7H14NO6PS. The molecule has 0 bridgehead atoms. The zero-order chi connectivity index (χ0) is 12.8. The third-order valence-corrected chi connectivity index (χ3v) is 3.92. The molecule has 0 aromatic carbocycles. The van der Waals surface area contributed by atoms with E-state index in [-0.39, 0.29) is 6.61 Å². The van der Waals surface area contributed by atoms with Crippen molar-refractivity contribution < 1.29 is 26.2 Å². The first-order chi connectivity index (χ1) is 7.29. The van der Waals surface area contributed by atoms with E-state index in [1.807, 2.05) is 0 Å². The van der Waals surface area contributed by atoms with E-state index < -0.39 is 23.6 Å². The topological polar surface area (TPSA) is 103 Å². The van der Waals surface area contributed by atoms with Crippen molar-refractivity contribution in [1.82, 2.24) is 0 Å². The summed E-state index contributed by atoms with van der Waals surface area (Å²) >= 11 is 0. The molecule has 16 heavy (non-hydrogen) atoms. The van der Waals surface area contributed by atoms with Gasteiger partial charge >= 0.3 is 7.60 Å². The highest BCUT2D eigenvalue weighted by Gasteiger charge is 2.39. The average molecular weight is 271 g/mol. The van der Waals surface area contributed by atoms with E-state index >= 15 is 0 Å². The van der Waals surface area contributed by atoms with Gasteiger partial charge in [-0.05, 0) is 6.42 Å². The van der Waals surface area contributed by atoms with Crippen LogP contribution in [0.5, 0.6) is 0 Å². The minimum absolute atomic E-state index is 0.0798. The molecule has 0 aromatic heterocycles. The molecule has 0 amide bonds. The van der Waals surface area contributed by atoms with Crippen molar-refractivity contribution >= 4 is 17.7 Å². The fraction of sp³-hybridized carbons (Fsp3) is 0.857. The Hall–Kier alpha value is -0.450. The molecule has 0 radical (unpaired) electrons. The quantitative estimate of drug-likeness (QED) is 0.504. The van der Waals surface area contributed by atoms with E-state index in [1.165, 1.54) is 6.07 Å². The average Bonchev–Trinajstić information content (AvgIpc) is 2.21. The first-order valence-corrected chi connectivity index (χ1v) is 7.79. The van der Waals surface area contributed by atoms with Gasteiger partial charge < -0.3 is 9.05 Å². The Labute approximate surface area is 95.0 Å². The van der Waals surface area contributed by atoms with Crippen molar-refractivity contribution in [2.75, 3.05) is 20.0 Å². The van der Waals surface area contributed by atoms with Crippen LogP contribution < -0.4 is 0 Å². The molecule has 0 N–H and O–H groups in total. The Kier molecular flexibility index (Phi) is 6.15. The molecule has 0 saturated heterocycles. The maximum absolute atomic E-state index is 11.9. The molecule has 0 saturated carbocycles. The van der Waals surface area contributed by atoms with E-state index in [4.69, 9.17) is 9.79 Å². The van der Waals surface area contributed by atoms with Crippen LogP contribution in [0.25, 0.3) is 0 Å². The molecule has 0 fully saturated rings. The van der Waals surface area contributed by atoms with Gasteiger partial charge in [-0.15, -0.1) is 0 Å². The smallest absolute Gasteiger partial charge is 0.309 e. The lowest BCUT2D eigenvalue weighted by atomic mass is 10.5. The Bertz CT molecular complexity index is 400. The number of hydrogen-bond donors (Lipinski definition) is 0. The van der Waals surface area contributed by atoms with Crippen molar-refractivity contribution in [1.29, 1.82) is 5.26 Å². The first-order valence-electron chi connectivity index (χ1n) is 4.37. The lowest BCUT2D eigenvalue weighted by molar-refractivity contribution is 0.193. The first kappa shape index (κ1) is 15.6. The molecule has 7 nitrogen and oxygen atoms in total. The molecule has 0 aromatic rings. The molecule has 0 heterocycles. The lowest BCUT2D eigenvalue weighted by Gasteiger charge is -2.19. The predicted molar refractivity (Wildman–Crippen MR) is 56.2 cm³/mol. The summed E-state index contributed by atoms with van der Waals surface area (Å²) in [6.45, 7) is 1.84. The second kappa shape index (κ2) is 6.33. The molecule has 2 unspecified atom stereocenters. The fourth-order valence-corrected chi connectivity index (χ4v) is 3.02. The molecule has 0 aliphatic carbocycles. The van der Waals surface area contributed by atoms with E-state index in [1.54, 1.807) is 6.92 Å². The second-order valence-corrected chi connectivity index (χ2v) is 6.61. The fourth-order valence-electron chi connectivity index (χ4n) is 0.745. The summed E-state index contributed by atoms with van der Waals surface area (Å²) in [5.74, 6) is -1.78. The van der Waals surface area contributed by atoms with Gasteiger partial charge in [0.2, 0.25) is 0 Å². The van der Waals surface area contributed by atoms with Crippen LogP contribution in [0.1, 0.15) is 13.3 Å². The van der Waals surface area contributed by atoms with E-state index in [0.29, 0.717) is 6.42 Å². The van der Waals surface area contributed by atoms with Gasteiger partial charge in [-0.25, -0.2) is 4.18 Å². The molecule has 0 rings (SSSR count). The van der Waals surface area contributed by atoms with Crippen LogP contribution in [0.4, 0.5) is 0 Å². The lowest BCUT2D eigenvalue weighted by Crippen LogP contribution is -2.18. The van der Waals surface area contributed by atoms with Gasteiger partial charge in [0.1, 0.15) is 6.07 Å². The van der Waals surface area contributed by atoms with Gasteiger partial charge in [-0.3, -0.25) is 4.57 Å². The van der Waals surface area contributed by atoms with Crippen LogP contribution in [0.3, 0.4) is 0 Å². The normalized spacial score (nSPS) is 17.4. The molecule has 0 spiro atoms. The van der Waals surface area contributed by atoms with Crippen molar-refractivity contribution in [2.24, 2.45) is 0 Å². The van der Waals surface area contributed by atoms with Crippen LogP contribution >= 0.6 is 7.60 Å². The van der Waals surface area contributed by atoms with Crippen LogP contribution in [0.15, 0.2) is 0 Å². The maximum atomic E-state index is 11.9. The Morgan fingerprint density at radius 3 is 2.38 bits per heavy atom. The standard InChI is InChI=1S/C7H14NO6PS/c1-4-5-13-15(9,12-2)7(6-8)14-16(3,10)11/h7H,4-5H2,1-3H3. The SMILES string of the molecule is CCCOP(=O)(OC)C(C#N)OS(C)(=O)=O. The molecule has 0 aliphatic heterocycles. The highest BCUT2D eigenvalue weighted by atomic mass is 32.2. The highest BCUT2D eigenvalue weighted by molar-refractivity contribution is 7.86. The maximum Gasteiger partial charge on any atom is 0.374 e. The minimum atomic E-state index is -3.91. The zero-order valence-electron chi connectivity index (χ0n) is 9.24. The van der Waals surface area contributed by atoms with Crippen LogP contribution in [-0.4, -0.2) is 34.2 Å². The van der Waals surface area contributed by atoms with E-state index in [0.717, 1.165) is 13.4 Å². The van der Waals surface area contributed by atoms with Crippen molar-refractivity contribution in [3.05, 3.63) is 0 Å². The summed E-state index contributed by atoms with van der Waals surface area (Å²) in [5, 5.41) is 8.68. The van der Waals surface area contributed by atoms with E-state index in [2.05, 4.69) is 8.71 Å². The Balaban J connectivity index is 4.90. The monoisotopic (exact) mass is 271 g/mol. The molecule has 9 heteroatoms. The summed E-state index contributed by atoms with van der Waals surface area (Å²) in [5.41, 5.74) is 0. The zero-order valence-corrected chi connectivity index (χ0v) is 11.0. The Morgan fingerprint density at radius 2 is 2.06 bits per heavy atom. The van der Waals surface area contributed by atoms with Gasteiger partial charge in [0.05, 0.1) is 12.9 Å². The van der Waals surface area contributed by atoms with E-state index in [9.17, 15) is 13.0 Å². The van der Waals surface area contributed by atoms with Gasteiger partial charge in [0.25, 0.3) is 16.0 Å². The largest absolute Gasteiger partial charge is 0.374 e. The highest BCUT2D eigenvalue weighted by Crippen LogP contribution is 2.53. The third-order valence-electron chi connectivity index (χ3n) is 1.39.